The van der Waals surface area contributed by atoms with Crippen LogP contribution in [0, 0.1) is 0 Å². The van der Waals surface area contributed by atoms with Crippen LogP contribution >= 0.6 is 23.4 Å². The highest BCUT2D eigenvalue weighted by atomic mass is 35.5. The number of halogens is 1. The summed E-state index contributed by atoms with van der Waals surface area (Å²) in [7, 11) is 0. The highest BCUT2D eigenvalue weighted by molar-refractivity contribution is 8.00. The number of hydrogen-bond donors (Lipinski definition) is 2. The summed E-state index contributed by atoms with van der Waals surface area (Å²) in [4.78, 5) is 1.16. The molecule has 0 spiro atoms. The van der Waals surface area contributed by atoms with Gasteiger partial charge < -0.3 is 11.5 Å². The SMILES string of the molecule is Nc1ccc(SC2CCCC2N)cc1Cl. The van der Waals surface area contributed by atoms with E-state index in [1.165, 1.54) is 12.8 Å². The van der Waals surface area contributed by atoms with Gasteiger partial charge >= 0.3 is 0 Å². The van der Waals surface area contributed by atoms with Gasteiger partial charge in [0.2, 0.25) is 0 Å². The standard InChI is InChI=1S/C11H15ClN2S/c12-8-6-7(4-5-9(8)13)15-11-3-1-2-10(11)14/h4-6,10-11H,1-3,13-14H2. The van der Waals surface area contributed by atoms with Crippen LogP contribution in [0.1, 0.15) is 19.3 Å². The zero-order valence-electron chi connectivity index (χ0n) is 8.45. The summed E-state index contributed by atoms with van der Waals surface area (Å²) in [5.74, 6) is 0. The summed E-state index contributed by atoms with van der Waals surface area (Å²) in [5.41, 5.74) is 12.3. The topological polar surface area (TPSA) is 52.0 Å². The van der Waals surface area contributed by atoms with Crippen molar-refractivity contribution in [2.45, 2.75) is 35.4 Å². The molecule has 82 valence electrons. The van der Waals surface area contributed by atoms with Crippen molar-refractivity contribution in [3.63, 3.8) is 0 Å². The number of nitrogen functional groups attached to an aromatic ring is 1. The second-order valence-electron chi connectivity index (χ2n) is 3.93. The number of nitrogens with two attached hydrogens (primary N) is 2. The third kappa shape index (κ3) is 2.60. The van der Waals surface area contributed by atoms with Crippen LogP contribution in [0.4, 0.5) is 5.69 Å². The van der Waals surface area contributed by atoms with Crippen LogP contribution < -0.4 is 11.5 Å². The molecule has 0 amide bonds. The van der Waals surface area contributed by atoms with Crippen LogP contribution in [0.2, 0.25) is 5.02 Å². The molecule has 0 bridgehead atoms. The monoisotopic (exact) mass is 242 g/mol. The zero-order chi connectivity index (χ0) is 10.8. The van der Waals surface area contributed by atoms with Crippen molar-refractivity contribution in [1.29, 1.82) is 0 Å². The maximum absolute atomic E-state index is 6.02. The lowest BCUT2D eigenvalue weighted by Crippen LogP contribution is -2.26. The number of hydrogen-bond acceptors (Lipinski definition) is 3. The summed E-state index contributed by atoms with van der Waals surface area (Å²) in [5, 5.41) is 1.16. The first kappa shape index (κ1) is 11.1. The van der Waals surface area contributed by atoms with Gasteiger partial charge in [0, 0.05) is 16.2 Å². The minimum atomic E-state index is 0.325. The number of rotatable bonds is 2. The molecule has 2 nitrogen and oxygen atoms in total. The van der Waals surface area contributed by atoms with Gasteiger partial charge in [-0.25, -0.2) is 0 Å². The molecule has 1 saturated carbocycles. The number of benzene rings is 1. The van der Waals surface area contributed by atoms with E-state index in [0.717, 1.165) is 11.3 Å². The van der Waals surface area contributed by atoms with E-state index in [1.807, 2.05) is 30.0 Å². The lowest BCUT2D eigenvalue weighted by Gasteiger charge is -2.14. The number of anilines is 1. The molecule has 2 atom stereocenters. The van der Waals surface area contributed by atoms with Crippen LogP contribution in [0.5, 0.6) is 0 Å². The first-order chi connectivity index (χ1) is 7.16. The molecule has 1 aromatic carbocycles. The van der Waals surface area contributed by atoms with Crippen molar-refractivity contribution in [1.82, 2.24) is 0 Å². The van der Waals surface area contributed by atoms with Gasteiger partial charge in [-0.05, 0) is 31.0 Å². The molecular weight excluding hydrogens is 228 g/mol. The summed E-state index contributed by atoms with van der Waals surface area (Å²) in [6, 6.07) is 6.11. The first-order valence-electron chi connectivity index (χ1n) is 5.14. The molecule has 1 aliphatic rings. The molecule has 0 radical (unpaired) electrons. The molecular formula is C11H15ClN2S. The summed E-state index contributed by atoms with van der Waals surface area (Å²) >= 11 is 7.78. The van der Waals surface area contributed by atoms with E-state index in [-0.39, 0.29) is 0 Å². The van der Waals surface area contributed by atoms with E-state index in [0.29, 0.717) is 22.0 Å². The number of thioether (sulfide) groups is 1. The van der Waals surface area contributed by atoms with Gasteiger partial charge in [-0.15, -0.1) is 11.8 Å². The minimum Gasteiger partial charge on any atom is -0.398 e. The van der Waals surface area contributed by atoms with Gasteiger partial charge in [0.15, 0.2) is 0 Å². The molecule has 4 N–H and O–H groups in total. The molecule has 0 aromatic heterocycles. The highest BCUT2D eigenvalue weighted by Gasteiger charge is 2.24. The lowest BCUT2D eigenvalue weighted by molar-refractivity contribution is 0.716. The van der Waals surface area contributed by atoms with E-state index in [4.69, 9.17) is 23.1 Å². The molecule has 0 heterocycles. The largest absolute Gasteiger partial charge is 0.398 e. The van der Waals surface area contributed by atoms with Crippen molar-refractivity contribution in [3.8, 4) is 0 Å². The van der Waals surface area contributed by atoms with Crippen molar-refractivity contribution >= 4 is 29.1 Å². The van der Waals surface area contributed by atoms with E-state index in [2.05, 4.69) is 0 Å². The van der Waals surface area contributed by atoms with Gasteiger partial charge in [-0.3, -0.25) is 0 Å². The second-order valence-corrected chi connectivity index (χ2v) is 5.65. The molecule has 2 rings (SSSR count). The fraction of sp³-hybridized carbons (Fsp3) is 0.455. The maximum atomic E-state index is 6.02. The van der Waals surface area contributed by atoms with Gasteiger partial charge in [0.25, 0.3) is 0 Å². The Balaban J connectivity index is 2.07. The van der Waals surface area contributed by atoms with Crippen LogP contribution in [0.25, 0.3) is 0 Å². The van der Waals surface area contributed by atoms with E-state index >= 15 is 0 Å². The maximum Gasteiger partial charge on any atom is 0.0646 e. The predicted molar refractivity (Wildman–Crippen MR) is 67.3 cm³/mol. The quantitative estimate of drug-likeness (QED) is 0.785. The van der Waals surface area contributed by atoms with Crippen LogP contribution in [0.3, 0.4) is 0 Å². The Kier molecular flexibility index (Phi) is 3.44. The fourth-order valence-electron chi connectivity index (χ4n) is 1.86. The Bertz CT molecular complexity index is 356. The Hall–Kier alpha value is -0.380. The highest BCUT2D eigenvalue weighted by Crippen LogP contribution is 2.35. The molecule has 15 heavy (non-hydrogen) atoms. The molecule has 1 aliphatic carbocycles. The second kappa shape index (κ2) is 4.64. The van der Waals surface area contributed by atoms with Crippen molar-refractivity contribution in [3.05, 3.63) is 23.2 Å². The first-order valence-corrected chi connectivity index (χ1v) is 6.40. The third-order valence-electron chi connectivity index (χ3n) is 2.76. The van der Waals surface area contributed by atoms with Gasteiger partial charge in [0.1, 0.15) is 0 Å². The van der Waals surface area contributed by atoms with Crippen LogP contribution in [-0.4, -0.2) is 11.3 Å². The van der Waals surface area contributed by atoms with Crippen molar-refractivity contribution < 1.29 is 0 Å². The Labute approximate surface area is 99.4 Å². The van der Waals surface area contributed by atoms with E-state index in [1.54, 1.807) is 0 Å². The molecule has 2 unspecified atom stereocenters. The average Bonchev–Trinajstić information content (AvgIpc) is 2.59. The summed E-state index contributed by atoms with van der Waals surface area (Å²) in [6.07, 6.45) is 3.58. The molecule has 1 fully saturated rings. The minimum absolute atomic E-state index is 0.325. The fourth-order valence-corrected chi connectivity index (χ4v) is 3.38. The smallest absolute Gasteiger partial charge is 0.0646 e. The molecule has 0 saturated heterocycles. The third-order valence-corrected chi connectivity index (χ3v) is 4.50. The lowest BCUT2D eigenvalue weighted by atomic mass is 10.3. The van der Waals surface area contributed by atoms with Gasteiger partial charge in [-0.2, -0.15) is 0 Å². The Morgan fingerprint density at radius 2 is 2.13 bits per heavy atom. The van der Waals surface area contributed by atoms with Crippen LogP contribution in [-0.2, 0) is 0 Å². The molecule has 0 aliphatic heterocycles. The van der Waals surface area contributed by atoms with E-state index in [9.17, 15) is 0 Å². The normalized spacial score (nSPS) is 25.7. The van der Waals surface area contributed by atoms with E-state index < -0.39 is 0 Å². The van der Waals surface area contributed by atoms with Crippen molar-refractivity contribution in [2.24, 2.45) is 5.73 Å². The zero-order valence-corrected chi connectivity index (χ0v) is 10.0. The van der Waals surface area contributed by atoms with Gasteiger partial charge in [-0.1, -0.05) is 18.0 Å². The van der Waals surface area contributed by atoms with Crippen molar-refractivity contribution in [2.75, 3.05) is 5.73 Å². The Morgan fingerprint density at radius 1 is 1.33 bits per heavy atom. The average molecular weight is 243 g/mol. The van der Waals surface area contributed by atoms with Crippen LogP contribution in [0.15, 0.2) is 23.1 Å². The molecule has 4 heteroatoms. The summed E-state index contributed by atoms with van der Waals surface area (Å²) in [6.45, 7) is 0. The predicted octanol–water partition coefficient (Wildman–Crippen LogP) is 2.89. The van der Waals surface area contributed by atoms with Gasteiger partial charge in [0.05, 0.1) is 10.7 Å². The summed E-state index contributed by atoms with van der Waals surface area (Å²) < 4.78 is 0. The molecule has 1 aromatic rings. The Morgan fingerprint density at radius 3 is 2.73 bits per heavy atom.